The molecule has 0 aliphatic heterocycles. The lowest BCUT2D eigenvalue weighted by Crippen LogP contribution is -2.26. The fourth-order valence-electron chi connectivity index (χ4n) is 2.03. The number of amides is 1. The molecule has 0 spiro atoms. The molecule has 2 aromatic rings. The van der Waals surface area contributed by atoms with E-state index in [1.807, 2.05) is 24.3 Å². The summed E-state index contributed by atoms with van der Waals surface area (Å²) in [5.41, 5.74) is 1.53. The van der Waals surface area contributed by atoms with Gasteiger partial charge in [0.25, 0.3) is 5.91 Å². The van der Waals surface area contributed by atoms with Gasteiger partial charge in [-0.25, -0.2) is 0 Å². The van der Waals surface area contributed by atoms with Gasteiger partial charge in [0.05, 0.1) is 18.6 Å². The van der Waals surface area contributed by atoms with Gasteiger partial charge in [-0.15, -0.1) is 11.8 Å². The number of thioether (sulfide) groups is 1. The van der Waals surface area contributed by atoms with E-state index in [1.165, 1.54) is 7.11 Å². The zero-order valence-electron chi connectivity index (χ0n) is 13.6. The summed E-state index contributed by atoms with van der Waals surface area (Å²) in [4.78, 5) is 24.1. The van der Waals surface area contributed by atoms with Crippen LogP contribution in [0.2, 0.25) is 10.0 Å². The molecular weight excluding hydrogens is 381 g/mol. The van der Waals surface area contributed by atoms with Crippen molar-refractivity contribution < 1.29 is 14.3 Å². The second-order valence-corrected chi connectivity index (χ2v) is 7.01. The molecule has 0 aliphatic carbocycles. The normalized spacial score (nSPS) is 10.4. The Labute approximate surface area is 160 Å². The number of esters is 1. The van der Waals surface area contributed by atoms with Crippen molar-refractivity contribution in [1.29, 1.82) is 0 Å². The molecule has 0 heterocycles. The first-order valence-electron chi connectivity index (χ1n) is 7.51. The molecule has 25 heavy (non-hydrogen) atoms. The Kier molecular flexibility index (Phi) is 7.62. The Morgan fingerprint density at radius 1 is 1.16 bits per heavy atom. The predicted molar refractivity (Wildman–Crippen MR) is 101 cm³/mol. The van der Waals surface area contributed by atoms with Crippen LogP contribution in [0.3, 0.4) is 0 Å². The SMILES string of the molecule is COC(=O)CCNC(=O)c1cccc(CSc2cc(Cl)ccc2Cl)c1. The molecule has 7 heteroatoms. The largest absolute Gasteiger partial charge is 0.469 e. The lowest BCUT2D eigenvalue weighted by Gasteiger charge is -2.08. The van der Waals surface area contributed by atoms with Crippen molar-refractivity contribution in [3.8, 4) is 0 Å². The molecule has 2 rings (SSSR count). The zero-order valence-corrected chi connectivity index (χ0v) is 15.9. The Hall–Kier alpha value is -1.69. The molecule has 0 saturated heterocycles. The van der Waals surface area contributed by atoms with E-state index < -0.39 is 0 Å². The standard InChI is InChI=1S/C18H17Cl2NO3S/c1-24-17(22)7-8-21-18(23)13-4-2-3-12(9-13)11-25-16-10-14(19)5-6-15(16)20/h2-6,9-10H,7-8,11H2,1H3,(H,21,23). The van der Waals surface area contributed by atoms with Crippen molar-refractivity contribution in [2.75, 3.05) is 13.7 Å². The summed E-state index contributed by atoms with van der Waals surface area (Å²) in [5, 5.41) is 3.97. The first kappa shape index (κ1) is 19.6. The lowest BCUT2D eigenvalue weighted by atomic mass is 10.1. The summed E-state index contributed by atoms with van der Waals surface area (Å²) in [7, 11) is 1.32. The predicted octanol–water partition coefficient (Wildman–Crippen LogP) is 4.58. The molecule has 0 saturated carbocycles. The third kappa shape index (κ3) is 6.27. The average molecular weight is 398 g/mol. The van der Waals surface area contributed by atoms with Gasteiger partial charge in [-0.05, 0) is 35.9 Å². The summed E-state index contributed by atoms with van der Waals surface area (Å²) in [5.74, 6) is 0.0731. The van der Waals surface area contributed by atoms with Crippen LogP contribution in [0.1, 0.15) is 22.3 Å². The molecule has 0 bridgehead atoms. The third-order valence-electron chi connectivity index (χ3n) is 3.32. The van der Waals surface area contributed by atoms with E-state index >= 15 is 0 Å². The number of hydrogen-bond donors (Lipinski definition) is 1. The number of ether oxygens (including phenoxy) is 1. The Balaban J connectivity index is 1.95. The molecule has 0 aromatic heterocycles. The summed E-state index contributed by atoms with van der Waals surface area (Å²) in [6, 6.07) is 12.6. The van der Waals surface area contributed by atoms with E-state index in [0.717, 1.165) is 10.5 Å². The molecule has 0 aliphatic rings. The van der Waals surface area contributed by atoms with Crippen molar-refractivity contribution in [3.05, 3.63) is 63.6 Å². The van der Waals surface area contributed by atoms with Crippen molar-refractivity contribution in [2.24, 2.45) is 0 Å². The van der Waals surface area contributed by atoms with Gasteiger partial charge in [0, 0.05) is 27.8 Å². The quantitative estimate of drug-likeness (QED) is 0.548. The van der Waals surface area contributed by atoms with Crippen LogP contribution in [0.5, 0.6) is 0 Å². The number of nitrogens with one attached hydrogen (secondary N) is 1. The number of rotatable bonds is 7. The molecule has 0 radical (unpaired) electrons. The molecule has 2 aromatic carbocycles. The van der Waals surface area contributed by atoms with Gasteiger partial charge >= 0.3 is 5.97 Å². The first-order valence-corrected chi connectivity index (χ1v) is 9.25. The fraction of sp³-hybridized carbons (Fsp3) is 0.222. The Morgan fingerprint density at radius 2 is 1.96 bits per heavy atom. The fourth-order valence-corrected chi connectivity index (χ4v) is 3.47. The maximum Gasteiger partial charge on any atom is 0.307 e. The number of carbonyl (C=O) groups is 2. The second-order valence-electron chi connectivity index (χ2n) is 5.15. The van der Waals surface area contributed by atoms with Gasteiger partial charge in [-0.1, -0.05) is 35.3 Å². The molecular formula is C18H17Cl2NO3S. The van der Waals surface area contributed by atoms with Crippen LogP contribution in [0.15, 0.2) is 47.4 Å². The van der Waals surface area contributed by atoms with E-state index in [-0.39, 0.29) is 24.8 Å². The van der Waals surface area contributed by atoms with E-state index in [4.69, 9.17) is 23.2 Å². The number of benzene rings is 2. The zero-order chi connectivity index (χ0) is 18.2. The van der Waals surface area contributed by atoms with E-state index in [9.17, 15) is 9.59 Å². The Morgan fingerprint density at radius 3 is 2.72 bits per heavy atom. The highest BCUT2D eigenvalue weighted by atomic mass is 35.5. The molecule has 0 unspecified atom stereocenters. The number of carbonyl (C=O) groups excluding carboxylic acids is 2. The molecule has 132 valence electrons. The molecule has 1 N–H and O–H groups in total. The van der Waals surface area contributed by atoms with Crippen LogP contribution >= 0.6 is 35.0 Å². The van der Waals surface area contributed by atoms with E-state index in [2.05, 4.69) is 10.1 Å². The summed E-state index contributed by atoms with van der Waals surface area (Å²) < 4.78 is 4.54. The lowest BCUT2D eigenvalue weighted by molar-refractivity contribution is -0.140. The highest BCUT2D eigenvalue weighted by Gasteiger charge is 2.08. The summed E-state index contributed by atoms with van der Waals surface area (Å²) in [6.45, 7) is 0.239. The van der Waals surface area contributed by atoms with Gasteiger partial charge in [0.1, 0.15) is 0 Å². The maximum absolute atomic E-state index is 12.1. The minimum atomic E-state index is -0.358. The van der Waals surface area contributed by atoms with Crippen LogP contribution in [0, 0.1) is 0 Å². The van der Waals surface area contributed by atoms with E-state index in [1.54, 1.807) is 30.0 Å². The van der Waals surface area contributed by atoms with Gasteiger partial charge < -0.3 is 10.1 Å². The number of methoxy groups -OCH3 is 1. The minimum absolute atomic E-state index is 0.144. The molecule has 1 amide bonds. The van der Waals surface area contributed by atoms with Crippen LogP contribution in [-0.2, 0) is 15.3 Å². The van der Waals surface area contributed by atoms with Crippen LogP contribution < -0.4 is 5.32 Å². The van der Waals surface area contributed by atoms with Crippen molar-refractivity contribution in [3.63, 3.8) is 0 Å². The van der Waals surface area contributed by atoms with Gasteiger partial charge in [0.2, 0.25) is 0 Å². The van der Waals surface area contributed by atoms with Crippen molar-refractivity contribution >= 4 is 46.8 Å². The topological polar surface area (TPSA) is 55.4 Å². The van der Waals surface area contributed by atoms with Crippen LogP contribution in [0.4, 0.5) is 0 Å². The van der Waals surface area contributed by atoms with Crippen molar-refractivity contribution in [2.45, 2.75) is 17.1 Å². The second kappa shape index (κ2) is 9.70. The highest BCUT2D eigenvalue weighted by molar-refractivity contribution is 7.98. The summed E-state index contributed by atoms with van der Waals surface area (Å²) in [6.07, 6.45) is 0.144. The average Bonchev–Trinajstić information content (AvgIpc) is 2.62. The van der Waals surface area contributed by atoms with Crippen molar-refractivity contribution in [1.82, 2.24) is 5.32 Å². The molecule has 4 nitrogen and oxygen atoms in total. The molecule has 0 fully saturated rings. The van der Waals surface area contributed by atoms with Crippen LogP contribution in [0.25, 0.3) is 0 Å². The van der Waals surface area contributed by atoms with Crippen LogP contribution in [-0.4, -0.2) is 25.5 Å². The maximum atomic E-state index is 12.1. The molecule has 0 atom stereocenters. The van der Waals surface area contributed by atoms with Gasteiger partial charge in [-0.2, -0.15) is 0 Å². The van der Waals surface area contributed by atoms with Gasteiger partial charge in [-0.3, -0.25) is 9.59 Å². The summed E-state index contributed by atoms with van der Waals surface area (Å²) >= 11 is 13.7. The first-order chi connectivity index (χ1) is 12.0. The van der Waals surface area contributed by atoms with Gasteiger partial charge in [0.15, 0.2) is 0 Å². The van der Waals surface area contributed by atoms with E-state index in [0.29, 0.717) is 21.4 Å². The number of halogens is 2. The number of hydrogen-bond acceptors (Lipinski definition) is 4. The third-order valence-corrected chi connectivity index (χ3v) is 5.12. The highest BCUT2D eigenvalue weighted by Crippen LogP contribution is 2.32. The monoisotopic (exact) mass is 397 g/mol. The smallest absolute Gasteiger partial charge is 0.307 e. The minimum Gasteiger partial charge on any atom is -0.469 e. The Bertz CT molecular complexity index is 768.